The standard InChI is InChI=1S/C19H19FN2O2/c1-12-3-6-16(11-13(12)2)22-18(24)19(9-10-19)17(23)21-15-7-4-14(20)5-8-15/h3-8,11H,9-10H2,1-2H3,(H,21,23)(H,22,24). The van der Waals surface area contributed by atoms with Crippen molar-refractivity contribution in [2.45, 2.75) is 26.7 Å². The SMILES string of the molecule is Cc1ccc(NC(=O)C2(C(=O)Nc3ccc(F)cc3)CC2)cc1C. The lowest BCUT2D eigenvalue weighted by atomic mass is 10.0. The van der Waals surface area contributed by atoms with Gasteiger partial charge in [0.2, 0.25) is 11.8 Å². The topological polar surface area (TPSA) is 58.2 Å². The van der Waals surface area contributed by atoms with Gasteiger partial charge in [-0.15, -0.1) is 0 Å². The molecule has 2 aromatic rings. The summed E-state index contributed by atoms with van der Waals surface area (Å²) in [5.41, 5.74) is 2.35. The summed E-state index contributed by atoms with van der Waals surface area (Å²) in [5.74, 6) is -1.03. The number of hydrogen-bond donors (Lipinski definition) is 2. The molecule has 0 heterocycles. The second kappa shape index (κ2) is 6.07. The minimum atomic E-state index is -1.03. The molecule has 0 atom stereocenters. The molecule has 0 saturated heterocycles. The Kier molecular flexibility index (Phi) is 4.09. The van der Waals surface area contributed by atoms with E-state index in [4.69, 9.17) is 0 Å². The van der Waals surface area contributed by atoms with Crippen LogP contribution in [0.3, 0.4) is 0 Å². The number of carbonyl (C=O) groups excluding carboxylic acids is 2. The van der Waals surface area contributed by atoms with E-state index in [0.29, 0.717) is 24.2 Å². The van der Waals surface area contributed by atoms with Gasteiger partial charge in [0.1, 0.15) is 11.2 Å². The van der Waals surface area contributed by atoms with Crippen molar-refractivity contribution in [3.05, 3.63) is 59.4 Å². The first-order valence-electron chi connectivity index (χ1n) is 7.86. The first kappa shape index (κ1) is 16.2. The number of benzene rings is 2. The molecule has 1 aliphatic rings. The maximum absolute atomic E-state index is 12.9. The van der Waals surface area contributed by atoms with E-state index in [1.807, 2.05) is 32.0 Å². The van der Waals surface area contributed by atoms with Crippen molar-refractivity contribution in [2.75, 3.05) is 10.6 Å². The zero-order valence-electron chi connectivity index (χ0n) is 13.7. The lowest BCUT2D eigenvalue weighted by Crippen LogP contribution is -2.35. The van der Waals surface area contributed by atoms with Gasteiger partial charge >= 0.3 is 0 Å². The van der Waals surface area contributed by atoms with Crippen molar-refractivity contribution < 1.29 is 14.0 Å². The molecule has 2 aromatic carbocycles. The molecule has 2 N–H and O–H groups in total. The van der Waals surface area contributed by atoms with E-state index in [1.165, 1.54) is 24.3 Å². The van der Waals surface area contributed by atoms with E-state index in [0.717, 1.165) is 11.1 Å². The zero-order valence-corrected chi connectivity index (χ0v) is 13.7. The molecule has 124 valence electrons. The lowest BCUT2D eigenvalue weighted by molar-refractivity contribution is -0.131. The summed E-state index contributed by atoms with van der Waals surface area (Å²) in [4.78, 5) is 25.0. The van der Waals surface area contributed by atoms with Crippen LogP contribution in [0.5, 0.6) is 0 Å². The Hall–Kier alpha value is -2.69. The number of rotatable bonds is 4. The van der Waals surface area contributed by atoms with Crippen molar-refractivity contribution >= 4 is 23.2 Å². The minimum absolute atomic E-state index is 0.301. The summed E-state index contributed by atoms with van der Waals surface area (Å²) >= 11 is 0. The third kappa shape index (κ3) is 3.15. The Morgan fingerprint density at radius 1 is 0.875 bits per heavy atom. The second-order valence-electron chi connectivity index (χ2n) is 6.30. The first-order chi connectivity index (χ1) is 11.4. The molecule has 5 heteroatoms. The predicted octanol–water partition coefficient (Wildman–Crippen LogP) is 3.80. The van der Waals surface area contributed by atoms with Gasteiger partial charge in [-0.05, 0) is 74.2 Å². The summed E-state index contributed by atoms with van der Waals surface area (Å²) < 4.78 is 12.9. The fraction of sp³-hybridized carbons (Fsp3) is 0.263. The van der Waals surface area contributed by atoms with Gasteiger partial charge < -0.3 is 10.6 Å². The highest BCUT2D eigenvalue weighted by Gasteiger charge is 2.56. The van der Waals surface area contributed by atoms with Gasteiger partial charge in [0.15, 0.2) is 0 Å². The maximum Gasteiger partial charge on any atom is 0.240 e. The second-order valence-corrected chi connectivity index (χ2v) is 6.30. The average molecular weight is 326 g/mol. The first-order valence-corrected chi connectivity index (χ1v) is 7.86. The van der Waals surface area contributed by atoms with Crippen molar-refractivity contribution in [1.29, 1.82) is 0 Å². The monoisotopic (exact) mass is 326 g/mol. The Labute approximate surface area is 140 Å². The molecule has 2 amide bonds. The van der Waals surface area contributed by atoms with E-state index in [2.05, 4.69) is 10.6 Å². The van der Waals surface area contributed by atoms with Crippen LogP contribution in [0, 0.1) is 25.1 Å². The molecule has 0 bridgehead atoms. The molecule has 0 aliphatic heterocycles. The minimum Gasteiger partial charge on any atom is -0.325 e. The van der Waals surface area contributed by atoms with Gasteiger partial charge in [0.05, 0.1) is 0 Å². The van der Waals surface area contributed by atoms with Gasteiger partial charge in [-0.1, -0.05) is 6.07 Å². The molecule has 0 radical (unpaired) electrons. The summed E-state index contributed by atoms with van der Waals surface area (Å²) in [6.45, 7) is 3.97. The number of amides is 2. The van der Waals surface area contributed by atoms with Crippen LogP contribution in [-0.4, -0.2) is 11.8 Å². The van der Waals surface area contributed by atoms with Crippen molar-refractivity contribution in [3.8, 4) is 0 Å². The van der Waals surface area contributed by atoms with Gasteiger partial charge in [-0.2, -0.15) is 0 Å². The normalized spacial score (nSPS) is 14.8. The Bertz CT molecular complexity index is 796. The van der Waals surface area contributed by atoms with Crippen molar-refractivity contribution in [1.82, 2.24) is 0 Å². The van der Waals surface area contributed by atoms with E-state index in [9.17, 15) is 14.0 Å². The summed E-state index contributed by atoms with van der Waals surface area (Å²) in [6.07, 6.45) is 1.02. The van der Waals surface area contributed by atoms with Gasteiger partial charge in [0, 0.05) is 11.4 Å². The number of aryl methyl sites for hydroxylation is 2. The molecule has 4 nitrogen and oxygen atoms in total. The van der Waals surface area contributed by atoms with Crippen LogP contribution in [-0.2, 0) is 9.59 Å². The smallest absolute Gasteiger partial charge is 0.240 e. The number of anilines is 2. The maximum atomic E-state index is 12.9. The van der Waals surface area contributed by atoms with Crippen LogP contribution in [0.4, 0.5) is 15.8 Å². The van der Waals surface area contributed by atoms with Crippen LogP contribution in [0.1, 0.15) is 24.0 Å². The number of nitrogens with one attached hydrogen (secondary N) is 2. The van der Waals surface area contributed by atoms with E-state index in [-0.39, 0.29) is 17.6 Å². The molecule has 1 saturated carbocycles. The molecular formula is C19H19FN2O2. The third-order valence-corrected chi connectivity index (χ3v) is 4.49. The third-order valence-electron chi connectivity index (χ3n) is 4.49. The molecule has 0 unspecified atom stereocenters. The summed E-state index contributed by atoms with van der Waals surface area (Å²) in [5, 5.41) is 5.52. The van der Waals surface area contributed by atoms with Gasteiger partial charge in [-0.25, -0.2) is 4.39 Å². The lowest BCUT2D eigenvalue weighted by Gasteiger charge is -2.16. The van der Waals surface area contributed by atoms with E-state index < -0.39 is 5.41 Å². The van der Waals surface area contributed by atoms with Gasteiger partial charge in [-0.3, -0.25) is 9.59 Å². The molecule has 0 spiro atoms. The van der Waals surface area contributed by atoms with E-state index in [1.54, 1.807) is 0 Å². The molecule has 0 aromatic heterocycles. The summed E-state index contributed by atoms with van der Waals surface area (Å²) in [6, 6.07) is 11.1. The molecule has 24 heavy (non-hydrogen) atoms. The fourth-order valence-corrected chi connectivity index (χ4v) is 2.54. The number of carbonyl (C=O) groups is 2. The zero-order chi connectivity index (χ0) is 17.3. The number of halogens is 1. The molecular weight excluding hydrogens is 307 g/mol. The Morgan fingerprint density at radius 3 is 1.96 bits per heavy atom. The van der Waals surface area contributed by atoms with Crippen LogP contribution in [0.15, 0.2) is 42.5 Å². The van der Waals surface area contributed by atoms with Crippen molar-refractivity contribution in [2.24, 2.45) is 5.41 Å². The molecule has 1 fully saturated rings. The molecule has 3 rings (SSSR count). The molecule has 1 aliphatic carbocycles. The highest BCUT2D eigenvalue weighted by atomic mass is 19.1. The quantitative estimate of drug-likeness (QED) is 0.840. The van der Waals surface area contributed by atoms with Gasteiger partial charge in [0.25, 0.3) is 0 Å². The number of hydrogen-bond acceptors (Lipinski definition) is 2. The summed E-state index contributed by atoms with van der Waals surface area (Å²) in [7, 11) is 0. The average Bonchev–Trinajstić information content (AvgIpc) is 3.35. The Balaban J connectivity index is 1.70. The van der Waals surface area contributed by atoms with Crippen LogP contribution in [0.25, 0.3) is 0 Å². The van der Waals surface area contributed by atoms with Crippen LogP contribution < -0.4 is 10.6 Å². The highest BCUT2D eigenvalue weighted by molar-refractivity contribution is 6.16. The fourth-order valence-electron chi connectivity index (χ4n) is 2.54. The highest BCUT2D eigenvalue weighted by Crippen LogP contribution is 2.47. The Morgan fingerprint density at radius 2 is 1.42 bits per heavy atom. The van der Waals surface area contributed by atoms with Crippen LogP contribution in [0.2, 0.25) is 0 Å². The van der Waals surface area contributed by atoms with Crippen LogP contribution >= 0.6 is 0 Å². The predicted molar refractivity (Wildman–Crippen MR) is 91.2 cm³/mol. The van der Waals surface area contributed by atoms with Crippen molar-refractivity contribution in [3.63, 3.8) is 0 Å². The van der Waals surface area contributed by atoms with E-state index >= 15 is 0 Å². The largest absolute Gasteiger partial charge is 0.325 e.